The number of morpholine rings is 1. The summed E-state index contributed by atoms with van der Waals surface area (Å²) in [4.78, 5) is 2.61. The molecule has 0 amide bonds. The van der Waals surface area contributed by atoms with Crippen LogP contribution in [0.25, 0.3) is 0 Å². The summed E-state index contributed by atoms with van der Waals surface area (Å²) in [6.07, 6.45) is 4.60. The molecule has 16 heavy (non-hydrogen) atoms. The van der Waals surface area contributed by atoms with E-state index in [1.165, 1.54) is 19.3 Å². The van der Waals surface area contributed by atoms with Crippen molar-refractivity contribution >= 4 is 0 Å². The smallest absolute Gasteiger partial charge is 0.0678 e. The van der Waals surface area contributed by atoms with Crippen LogP contribution in [-0.4, -0.2) is 42.3 Å². The highest BCUT2D eigenvalue weighted by Gasteiger charge is 2.48. The molecule has 2 N–H and O–H groups in total. The molecule has 0 aromatic heterocycles. The fraction of sp³-hybridized carbons (Fsp3) is 1.00. The zero-order valence-electron chi connectivity index (χ0n) is 10.9. The summed E-state index contributed by atoms with van der Waals surface area (Å²) < 4.78 is 5.82. The van der Waals surface area contributed by atoms with E-state index in [1.54, 1.807) is 0 Å². The average molecular weight is 226 g/mol. The molecule has 0 aromatic rings. The number of rotatable bonds is 4. The van der Waals surface area contributed by atoms with Gasteiger partial charge >= 0.3 is 0 Å². The van der Waals surface area contributed by atoms with Gasteiger partial charge in [-0.25, -0.2) is 0 Å². The summed E-state index contributed by atoms with van der Waals surface area (Å²) in [5.74, 6) is 0.833. The monoisotopic (exact) mass is 226 g/mol. The van der Waals surface area contributed by atoms with Gasteiger partial charge in [-0.3, -0.25) is 4.90 Å². The van der Waals surface area contributed by atoms with Crippen molar-refractivity contribution in [1.82, 2.24) is 4.90 Å². The van der Waals surface area contributed by atoms with Crippen molar-refractivity contribution in [3.05, 3.63) is 0 Å². The Morgan fingerprint density at radius 3 is 2.19 bits per heavy atom. The van der Waals surface area contributed by atoms with Crippen LogP contribution in [-0.2, 0) is 4.74 Å². The molecule has 3 atom stereocenters. The first-order valence-corrected chi connectivity index (χ1v) is 6.73. The van der Waals surface area contributed by atoms with Crippen LogP contribution in [0, 0.1) is 5.92 Å². The number of hydrogen-bond acceptors (Lipinski definition) is 3. The van der Waals surface area contributed by atoms with Crippen LogP contribution >= 0.6 is 0 Å². The van der Waals surface area contributed by atoms with Gasteiger partial charge in [-0.05, 0) is 39.0 Å². The Morgan fingerprint density at radius 2 is 1.81 bits per heavy atom. The molecule has 3 heteroatoms. The van der Waals surface area contributed by atoms with Gasteiger partial charge in [0.15, 0.2) is 0 Å². The Hall–Kier alpha value is -0.120. The van der Waals surface area contributed by atoms with Crippen LogP contribution in [0.3, 0.4) is 0 Å². The number of nitrogens with two attached hydrogens (primary N) is 1. The highest BCUT2D eigenvalue weighted by Crippen LogP contribution is 2.45. The van der Waals surface area contributed by atoms with Crippen molar-refractivity contribution in [2.45, 2.75) is 57.8 Å². The molecule has 2 aliphatic rings. The maximum atomic E-state index is 6.10. The predicted octanol–water partition coefficient (Wildman–Crippen LogP) is 1.61. The number of ether oxygens (including phenoxy) is 1. The maximum absolute atomic E-state index is 6.10. The third-order valence-electron chi connectivity index (χ3n) is 4.35. The second kappa shape index (κ2) is 4.63. The molecule has 0 bridgehead atoms. The summed E-state index contributed by atoms with van der Waals surface area (Å²) in [5.41, 5.74) is 6.35. The number of hydrogen-bond donors (Lipinski definition) is 1. The summed E-state index contributed by atoms with van der Waals surface area (Å²) >= 11 is 0. The molecule has 3 nitrogen and oxygen atoms in total. The lowest BCUT2D eigenvalue weighted by molar-refractivity contribution is -0.106. The lowest BCUT2D eigenvalue weighted by atomic mass is 9.86. The van der Waals surface area contributed by atoms with Crippen LogP contribution in [0.5, 0.6) is 0 Å². The lowest BCUT2D eigenvalue weighted by Crippen LogP contribution is -2.61. The van der Waals surface area contributed by atoms with E-state index in [1.807, 2.05) is 0 Å². The Morgan fingerprint density at radius 1 is 1.25 bits per heavy atom. The highest BCUT2D eigenvalue weighted by atomic mass is 16.5. The van der Waals surface area contributed by atoms with Gasteiger partial charge in [0.25, 0.3) is 0 Å². The van der Waals surface area contributed by atoms with Crippen molar-refractivity contribution in [3.63, 3.8) is 0 Å². The van der Waals surface area contributed by atoms with Crippen molar-refractivity contribution in [2.75, 3.05) is 19.6 Å². The second-order valence-electron chi connectivity index (χ2n) is 5.60. The van der Waals surface area contributed by atoms with Gasteiger partial charge in [-0.1, -0.05) is 6.92 Å². The van der Waals surface area contributed by atoms with Crippen LogP contribution in [0.1, 0.15) is 40.0 Å². The zero-order chi connectivity index (χ0) is 11.8. The van der Waals surface area contributed by atoms with Gasteiger partial charge in [0.2, 0.25) is 0 Å². The molecule has 2 rings (SSSR count). The van der Waals surface area contributed by atoms with E-state index in [9.17, 15) is 0 Å². The maximum Gasteiger partial charge on any atom is 0.0678 e. The van der Waals surface area contributed by atoms with Gasteiger partial charge < -0.3 is 10.5 Å². The first kappa shape index (κ1) is 12.3. The van der Waals surface area contributed by atoms with Crippen LogP contribution < -0.4 is 5.73 Å². The minimum absolute atomic E-state index is 0.256. The summed E-state index contributed by atoms with van der Waals surface area (Å²) in [6.45, 7) is 9.53. The van der Waals surface area contributed by atoms with E-state index in [2.05, 4.69) is 25.7 Å². The summed E-state index contributed by atoms with van der Waals surface area (Å²) in [6, 6.07) is 0. The van der Waals surface area contributed by atoms with E-state index >= 15 is 0 Å². The normalized spacial score (nSPS) is 36.0. The fourth-order valence-electron chi connectivity index (χ4n) is 3.37. The fourth-order valence-corrected chi connectivity index (χ4v) is 3.37. The van der Waals surface area contributed by atoms with Crippen molar-refractivity contribution in [2.24, 2.45) is 11.7 Å². The predicted molar refractivity (Wildman–Crippen MR) is 66.4 cm³/mol. The molecule has 1 saturated heterocycles. The van der Waals surface area contributed by atoms with E-state index in [-0.39, 0.29) is 5.54 Å². The third-order valence-corrected chi connectivity index (χ3v) is 4.35. The SMILES string of the molecule is CCC(CN)(C1CC1)N1C[C@@H](C)O[C@@H](C)C1. The third kappa shape index (κ3) is 2.13. The molecule has 0 radical (unpaired) electrons. The summed E-state index contributed by atoms with van der Waals surface area (Å²) in [7, 11) is 0. The van der Waals surface area contributed by atoms with Crippen molar-refractivity contribution < 1.29 is 4.74 Å². The second-order valence-corrected chi connectivity index (χ2v) is 5.60. The minimum atomic E-state index is 0.256. The van der Waals surface area contributed by atoms with Gasteiger partial charge in [0.1, 0.15) is 0 Å². The quantitative estimate of drug-likeness (QED) is 0.791. The van der Waals surface area contributed by atoms with Crippen LogP contribution in [0.2, 0.25) is 0 Å². The van der Waals surface area contributed by atoms with Gasteiger partial charge in [0, 0.05) is 25.2 Å². The Balaban J connectivity index is 2.12. The highest BCUT2D eigenvalue weighted by molar-refractivity contribution is 5.04. The van der Waals surface area contributed by atoms with Gasteiger partial charge in [-0.2, -0.15) is 0 Å². The van der Waals surface area contributed by atoms with E-state index in [4.69, 9.17) is 10.5 Å². The molecule has 1 heterocycles. The molecule has 2 fully saturated rings. The Kier molecular flexibility index (Phi) is 3.57. The molecule has 1 aliphatic heterocycles. The number of nitrogens with zero attached hydrogens (tertiary/aromatic N) is 1. The molecule has 1 saturated carbocycles. The van der Waals surface area contributed by atoms with Crippen LogP contribution in [0.4, 0.5) is 0 Å². The first-order chi connectivity index (χ1) is 7.62. The van der Waals surface area contributed by atoms with Crippen LogP contribution in [0.15, 0.2) is 0 Å². The molecule has 94 valence electrons. The van der Waals surface area contributed by atoms with Crippen molar-refractivity contribution in [1.29, 1.82) is 0 Å². The minimum Gasteiger partial charge on any atom is -0.373 e. The van der Waals surface area contributed by atoms with E-state index in [0.29, 0.717) is 12.2 Å². The molecular formula is C13H26N2O. The van der Waals surface area contributed by atoms with Crippen molar-refractivity contribution in [3.8, 4) is 0 Å². The standard InChI is InChI=1S/C13H26N2O/c1-4-13(9-14,12-5-6-12)15-7-10(2)16-11(3)8-15/h10-12H,4-9,14H2,1-3H3/t10-,11+,13?. The van der Waals surface area contributed by atoms with Gasteiger partial charge in [0.05, 0.1) is 12.2 Å². The first-order valence-electron chi connectivity index (χ1n) is 6.73. The largest absolute Gasteiger partial charge is 0.373 e. The lowest BCUT2D eigenvalue weighted by Gasteiger charge is -2.48. The van der Waals surface area contributed by atoms with E-state index in [0.717, 1.165) is 25.6 Å². The molecule has 0 spiro atoms. The molecular weight excluding hydrogens is 200 g/mol. The Bertz CT molecular complexity index is 226. The molecule has 0 aromatic carbocycles. The molecule has 1 unspecified atom stereocenters. The Labute approximate surface area is 99.3 Å². The van der Waals surface area contributed by atoms with Gasteiger partial charge in [-0.15, -0.1) is 0 Å². The zero-order valence-corrected chi connectivity index (χ0v) is 10.9. The average Bonchev–Trinajstić information content (AvgIpc) is 3.03. The molecule has 1 aliphatic carbocycles. The van der Waals surface area contributed by atoms with E-state index < -0.39 is 0 Å². The summed E-state index contributed by atoms with van der Waals surface area (Å²) in [5, 5.41) is 0. The topological polar surface area (TPSA) is 38.5 Å².